The lowest BCUT2D eigenvalue weighted by Gasteiger charge is -2.06. The van der Waals surface area contributed by atoms with Gasteiger partial charge < -0.3 is 15.2 Å². The molecule has 104 valence electrons. The van der Waals surface area contributed by atoms with Crippen LogP contribution in [0, 0.1) is 0 Å². The van der Waals surface area contributed by atoms with Crippen molar-refractivity contribution < 1.29 is 19.4 Å². The Bertz CT molecular complexity index is 638. The van der Waals surface area contributed by atoms with Gasteiger partial charge in [-0.1, -0.05) is 6.07 Å². The highest BCUT2D eigenvalue weighted by Gasteiger charge is 2.10. The molecule has 0 saturated carbocycles. The Labute approximate surface area is 113 Å². The van der Waals surface area contributed by atoms with Crippen molar-refractivity contribution in [2.45, 2.75) is 0 Å². The second-order valence-corrected chi connectivity index (χ2v) is 3.78. The van der Waals surface area contributed by atoms with E-state index in [1.807, 2.05) is 0 Å². The van der Waals surface area contributed by atoms with E-state index in [2.05, 4.69) is 20.8 Å². The number of aromatic amines is 1. The maximum atomic E-state index is 11.7. The van der Waals surface area contributed by atoms with Gasteiger partial charge in [0.2, 0.25) is 0 Å². The SMILES string of the molecule is COc1cccc(NC(=O)Nc2cc(C(=O)O)[nH]n2)c1. The van der Waals surface area contributed by atoms with E-state index in [1.54, 1.807) is 24.3 Å². The molecular weight excluding hydrogens is 264 g/mol. The smallest absolute Gasteiger partial charge is 0.353 e. The van der Waals surface area contributed by atoms with Crippen LogP contribution in [-0.4, -0.2) is 34.4 Å². The number of aromatic nitrogens is 2. The number of urea groups is 1. The van der Waals surface area contributed by atoms with Crippen LogP contribution in [0.5, 0.6) is 5.75 Å². The zero-order valence-electron chi connectivity index (χ0n) is 10.5. The first-order valence-electron chi connectivity index (χ1n) is 5.59. The molecule has 0 aliphatic carbocycles. The topological polar surface area (TPSA) is 116 Å². The van der Waals surface area contributed by atoms with Gasteiger partial charge in [0, 0.05) is 17.8 Å². The summed E-state index contributed by atoms with van der Waals surface area (Å²) in [5, 5.41) is 19.6. The number of methoxy groups -OCH3 is 1. The Morgan fingerprint density at radius 2 is 2.10 bits per heavy atom. The van der Waals surface area contributed by atoms with Crippen LogP contribution in [0.25, 0.3) is 0 Å². The van der Waals surface area contributed by atoms with Crippen LogP contribution in [0.15, 0.2) is 30.3 Å². The summed E-state index contributed by atoms with van der Waals surface area (Å²) in [7, 11) is 1.52. The van der Waals surface area contributed by atoms with E-state index >= 15 is 0 Å². The standard InChI is InChI=1S/C12H12N4O4/c1-20-8-4-2-3-7(5-8)13-12(19)14-10-6-9(11(17)18)15-16-10/h2-6H,1H3,(H,17,18)(H3,13,14,15,16,19). The fraction of sp³-hybridized carbons (Fsp3) is 0.0833. The second-order valence-electron chi connectivity index (χ2n) is 3.78. The molecule has 4 N–H and O–H groups in total. The number of amides is 2. The zero-order valence-corrected chi connectivity index (χ0v) is 10.5. The molecule has 8 heteroatoms. The molecule has 0 saturated heterocycles. The first kappa shape index (κ1) is 13.4. The molecule has 1 heterocycles. The van der Waals surface area contributed by atoms with Crippen LogP contribution >= 0.6 is 0 Å². The van der Waals surface area contributed by atoms with Gasteiger partial charge in [-0.2, -0.15) is 5.10 Å². The monoisotopic (exact) mass is 276 g/mol. The molecule has 0 aliphatic heterocycles. The number of carboxylic acids is 1. The second kappa shape index (κ2) is 5.74. The van der Waals surface area contributed by atoms with E-state index in [1.165, 1.54) is 13.2 Å². The van der Waals surface area contributed by atoms with Crippen LogP contribution in [0.1, 0.15) is 10.5 Å². The Morgan fingerprint density at radius 1 is 1.30 bits per heavy atom. The van der Waals surface area contributed by atoms with E-state index in [0.29, 0.717) is 11.4 Å². The highest BCUT2D eigenvalue weighted by Crippen LogP contribution is 2.17. The molecule has 1 aromatic heterocycles. The lowest BCUT2D eigenvalue weighted by atomic mass is 10.3. The molecule has 0 fully saturated rings. The first-order chi connectivity index (χ1) is 9.58. The summed E-state index contributed by atoms with van der Waals surface area (Å²) in [5.41, 5.74) is 0.428. The van der Waals surface area contributed by atoms with Crippen LogP contribution in [0.2, 0.25) is 0 Å². The number of carbonyl (C=O) groups excluding carboxylic acids is 1. The third-order valence-electron chi connectivity index (χ3n) is 2.38. The van der Waals surface area contributed by atoms with Gasteiger partial charge in [-0.15, -0.1) is 0 Å². The molecular formula is C12H12N4O4. The molecule has 0 radical (unpaired) electrons. The third kappa shape index (κ3) is 3.25. The third-order valence-corrected chi connectivity index (χ3v) is 2.38. The van der Waals surface area contributed by atoms with Gasteiger partial charge in [0.05, 0.1) is 7.11 Å². The number of nitrogens with one attached hydrogen (secondary N) is 3. The average molecular weight is 276 g/mol. The Balaban J connectivity index is 1.99. The number of ether oxygens (including phenoxy) is 1. The molecule has 0 atom stereocenters. The zero-order chi connectivity index (χ0) is 14.5. The highest BCUT2D eigenvalue weighted by molar-refractivity contribution is 5.99. The number of anilines is 2. The van der Waals surface area contributed by atoms with Gasteiger partial charge in [-0.05, 0) is 12.1 Å². The molecule has 0 bridgehead atoms. The summed E-state index contributed by atoms with van der Waals surface area (Å²) in [6.07, 6.45) is 0. The number of hydrogen-bond acceptors (Lipinski definition) is 4. The molecule has 0 unspecified atom stereocenters. The van der Waals surface area contributed by atoms with Crippen molar-refractivity contribution in [1.82, 2.24) is 10.2 Å². The van der Waals surface area contributed by atoms with E-state index in [4.69, 9.17) is 9.84 Å². The van der Waals surface area contributed by atoms with Gasteiger partial charge in [0.25, 0.3) is 0 Å². The molecule has 2 amide bonds. The Morgan fingerprint density at radius 3 is 2.75 bits per heavy atom. The van der Waals surface area contributed by atoms with Gasteiger partial charge >= 0.3 is 12.0 Å². The van der Waals surface area contributed by atoms with E-state index in [9.17, 15) is 9.59 Å². The van der Waals surface area contributed by atoms with E-state index in [0.717, 1.165) is 0 Å². The quantitative estimate of drug-likeness (QED) is 0.679. The lowest BCUT2D eigenvalue weighted by molar-refractivity contribution is 0.0690. The van der Waals surface area contributed by atoms with Gasteiger partial charge in [0.1, 0.15) is 11.4 Å². The minimum Gasteiger partial charge on any atom is -0.497 e. The Kier molecular flexibility index (Phi) is 3.85. The van der Waals surface area contributed by atoms with Gasteiger partial charge in [-0.25, -0.2) is 9.59 Å². The maximum Gasteiger partial charge on any atom is 0.353 e. The van der Waals surface area contributed by atoms with Crippen molar-refractivity contribution in [2.75, 3.05) is 17.7 Å². The number of rotatable bonds is 4. The summed E-state index contributed by atoms with van der Waals surface area (Å²) >= 11 is 0. The average Bonchev–Trinajstić information content (AvgIpc) is 2.87. The summed E-state index contributed by atoms with van der Waals surface area (Å²) in [4.78, 5) is 22.3. The van der Waals surface area contributed by atoms with Crippen LogP contribution in [-0.2, 0) is 0 Å². The molecule has 1 aromatic carbocycles. The van der Waals surface area contributed by atoms with Gasteiger partial charge in [0.15, 0.2) is 5.82 Å². The number of aromatic carboxylic acids is 1. The molecule has 2 rings (SSSR count). The minimum absolute atomic E-state index is 0.110. The number of hydrogen-bond donors (Lipinski definition) is 4. The number of carbonyl (C=O) groups is 2. The fourth-order valence-electron chi connectivity index (χ4n) is 1.47. The van der Waals surface area contributed by atoms with Crippen LogP contribution in [0.4, 0.5) is 16.3 Å². The van der Waals surface area contributed by atoms with Crippen molar-refractivity contribution in [3.05, 3.63) is 36.0 Å². The predicted molar refractivity (Wildman–Crippen MR) is 71.2 cm³/mol. The molecule has 0 spiro atoms. The molecule has 20 heavy (non-hydrogen) atoms. The van der Waals surface area contributed by atoms with Crippen molar-refractivity contribution in [3.63, 3.8) is 0 Å². The van der Waals surface area contributed by atoms with Crippen LogP contribution < -0.4 is 15.4 Å². The fourth-order valence-corrected chi connectivity index (χ4v) is 1.47. The van der Waals surface area contributed by atoms with Crippen LogP contribution in [0.3, 0.4) is 0 Å². The summed E-state index contributed by atoms with van der Waals surface area (Å²) in [5.74, 6) is -0.433. The Hall–Kier alpha value is -3.03. The minimum atomic E-state index is -1.15. The maximum absolute atomic E-state index is 11.7. The van der Waals surface area contributed by atoms with E-state index < -0.39 is 12.0 Å². The first-order valence-corrected chi connectivity index (χ1v) is 5.59. The van der Waals surface area contributed by atoms with Crippen molar-refractivity contribution in [2.24, 2.45) is 0 Å². The molecule has 0 aliphatic rings. The van der Waals surface area contributed by atoms with Crippen molar-refractivity contribution in [3.8, 4) is 5.75 Å². The lowest BCUT2D eigenvalue weighted by Crippen LogP contribution is -2.19. The summed E-state index contributed by atoms with van der Waals surface area (Å²) in [6, 6.07) is 7.48. The largest absolute Gasteiger partial charge is 0.497 e. The summed E-state index contributed by atoms with van der Waals surface area (Å²) < 4.78 is 5.03. The number of carboxylic acid groups (broad SMARTS) is 1. The van der Waals surface area contributed by atoms with Crippen molar-refractivity contribution >= 4 is 23.5 Å². The predicted octanol–water partition coefficient (Wildman–Crippen LogP) is 1.76. The molecule has 8 nitrogen and oxygen atoms in total. The summed E-state index contributed by atoms with van der Waals surface area (Å²) in [6.45, 7) is 0. The normalized spacial score (nSPS) is 9.85. The molecule has 2 aromatic rings. The van der Waals surface area contributed by atoms with E-state index in [-0.39, 0.29) is 11.5 Å². The number of H-pyrrole nitrogens is 1. The number of nitrogens with zero attached hydrogens (tertiary/aromatic N) is 1. The van der Waals surface area contributed by atoms with Crippen molar-refractivity contribution in [1.29, 1.82) is 0 Å². The highest BCUT2D eigenvalue weighted by atomic mass is 16.5. The van der Waals surface area contributed by atoms with Gasteiger partial charge in [-0.3, -0.25) is 10.4 Å². The number of benzene rings is 1.